The number of hydrogen-bond donors (Lipinski definition) is 1. The molecule has 6 nitrogen and oxygen atoms in total. The molecule has 2 aromatic heterocycles. The van der Waals surface area contributed by atoms with Gasteiger partial charge in [0, 0.05) is 4.88 Å². The maximum Gasteiger partial charge on any atom is 0.348 e. The molecular weight excluding hydrogens is 264 g/mol. The Bertz CT molecular complexity index is 532. The van der Waals surface area contributed by atoms with E-state index in [-0.39, 0.29) is 16.7 Å². The Morgan fingerprint density at radius 1 is 1.53 bits per heavy atom. The first-order valence-electron chi connectivity index (χ1n) is 4.59. The molecule has 0 fully saturated rings. The van der Waals surface area contributed by atoms with E-state index in [0.717, 1.165) is 4.88 Å². The van der Waals surface area contributed by atoms with Crippen LogP contribution in [0.15, 0.2) is 23.8 Å². The van der Waals surface area contributed by atoms with Crippen molar-refractivity contribution in [2.45, 2.75) is 6.54 Å². The summed E-state index contributed by atoms with van der Waals surface area (Å²) in [5.41, 5.74) is -0.300. The van der Waals surface area contributed by atoms with Crippen molar-refractivity contribution in [1.82, 2.24) is 9.97 Å². The molecule has 1 N–H and O–H groups in total. The van der Waals surface area contributed by atoms with Gasteiger partial charge in [-0.05, 0) is 11.4 Å². The van der Waals surface area contributed by atoms with E-state index in [2.05, 4.69) is 15.3 Å². The van der Waals surface area contributed by atoms with Gasteiger partial charge in [0.05, 0.1) is 11.5 Å². The topological polar surface area (TPSA) is 81.0 Å². The van der Waals surface area contributed by atoms with Gasteiger partial charge in [-0.2, -0.15) is 0 Å². The van der Waals surface area contributed by atoms with Gasteiger partial charge < -0.3 is 5.32 Å². The molecule has 0 aromatic carbocycles. The zero-order valence-corrected chi connectivity index (χ0v) is 10.0. The summed E-state index contributed by atoms with van der Waals surface area (Å²) in [4.78, 5) is 18.7. The molecule has 2 rings (SSSR count). The predicted molar refractivity (Wildman–Crippen MR) is 65.3 cm³/mol. The van der Waals surface area contributed by atoms with Gasteiger partial charge in [-0.3, -0.25) is 10.1 Å². The molecular formula is C9H7ClN4O2S. The molecule has 2 aromatic rings. The Hall–Kier alpha value is -1.73. The van der Waals surface area contributed by atoms with Gasteiger partial charge in [0.1, 0.15) is 6.33 Å². The summed E-state index contributed by atoms with van der Waals surface area (Å²) in [6, 6.07) is 3.83. The van der Waals surface area contributed by atoms with Crippen molar-refractivity contribution in [2.75, 3.05) is 5.32 Å². The first kappa shape index (κ1) is 11.7. The number of nitrogens with zero attached hydrogens (tertiary/aromatic N) is 3. The van der Waals surface area contributed by atoms with Gasteiger partial charge in [-0.1, -0.05) is 17.7 Å². The third-order valence-electron chi connectivity index (χ3n) is 1.97. The van der Waals surface area contributed by atoms with Crippen molar-refractivity contribution in [3.8, 4) is 0 Å². The third-order valence-corrected chi connectivity index (χ3v) is 3.12. The van der Waals surface area contributed by atoms with Crippen LogP contribution in [0, 0.1) is 10.1 Å². The molecule has 0 amide bonds. The average Bonchev–Trinajstić information content (AvgIpc) is 2.78. The van der Waals surface area contributed by atoms with Crippen molar-refractivity contribution in [2.24, 2.45) is 0 Å². The smallest absolute Gasteiger partial charge is 0.348 e. The lowest BCUT2D eigenvalue weighted by Gasteiger charge is -2.04. The maximum absolute atomic E-state index is 10.8. The van der Waals surface area contributed by atoms with E-state index < -0.39 is 4.92 Å². The van der Waals surface area contributed by atoms with Gasteiger partial charge in [0.25, 0.3) is 0 Å². The molecule has 0 aliphatic carbocycles. The molecule has 0 bridgehead atoms. The van der Waals surface area contributed by atoms with E-state index in [9.17, 15) is 10.1 Å². The molecule has 0 atom stereocenters. The first-order chi connectivity index (χ1) is 8.18. The van der Waals surface area contributed by atoms with Crippen LogP contribution in [0.1, 0.15) is 4.88 Å². The maximum atomic E-state index is 10.8. The summed E-state index contributed by atoms with van der Waals surface area (Å²) in [5.74, 6) is 0.128. The zero-order valence-electron chi connectivity index (χ0n) is 8.46. The highest BCUT2D eigenvalue weighted by molar-refractivity contribution is 7.09. The first-order valence-corrected chi connectivity index (χ1v) is 5.85. The van der Waals surface area contributed by atoms with Crippen LogP contribution in [0.25, 0.3) is 0 Å². The molecule has 0 radical (unpaired) electrons. The van der Waals surface area contributed by atoms with Crippen molar-refractivity contribution >= 4 is 34.4 Å². The quantitative estimate of drug-likeness (QED) is 0.525. The SMILES string of the molecule is O=[N+]([O-])c1c(Cl)ncnc1NCc1cccs1. The lowest BCUT2D eigenvalue weighted by Crippen LogP contribution is -2.05. The molecule has 0 spiro atoms. The van der Waals surface area contributed by atoms with Crippen molar-refractivity contribution in [3.05, 3.63) is 44.0 Å². The predicted octanol–water partition coefficient (Wildman–Crippen LogP) is 2.71. The Morgan fingerprint density at radius 2 is 2.35 bits per heavy atom. The largest absolute Gasteiger partial charge is 0.359 e. The number of thiophene rings is 1. The lowest BCUT2D eigenvalue weighted by atomic mass is 10.4. The molecule has 2 heterocycles. The molecule has 0 unspecified atom stereocenters. The summed E-state index contributed by atoms with van der Waals surface area (Å²) in [6.07, 6.45) is 1.19. The minimum absolute atomic E-state index is 0.128. The van der Waals surface area contributed by atoms with Gasteiger partial charge in [-0.25, -0.2) is 9.97 Å². The highest BCUT2D eigenvalue weighted by Gasteiger charge is 2.21. The number of aromatic nitrogens is 2. The molecule has 88 valence electrons. The Balaban J connectivity index is 2.21. The van der Waals surface area contributed by atoms with Crippen LogP contribution in [0.3, 0.4) is 0 Å². The number of nitrogens with one attached hydrogen (secondary N) is 1. The van der Waals surface area contributed by atoms with Crippen molar-refractivity contribution in [3.63, 3.8) is 0 Å². The highest BCUT2D eigenvalue weighted by Crippen LogP contribution is 2.28. The molecule has 17 heavy (non-hydrogen) atoms. The van der Waals surface area contributed by atoms with Crippen LogP contribution < -0.4 is 5.32 Å². The van der Waals surface area contributed by atoms with Crippen LogP contribution in [0.2, 0.25) is 5.15 Å². The highest BCUT2D eigenvalue weighted by atomic mass is 35.5. The number of halogens is 1. The number of hydrogen-bond acceptors (Lipinski definition) is 6. The lowest BCUT2D eigenvalue weighted by molar-refractivity contribution is -0.384. The van der Waals surface area contributed by atoms with Crippen LogP contribution in [0.4, 0.5) is 11.5 Å². The minimum atomic E-state index is -0.598. The Morgan fingerprint density at radius 3 is 3.00 bits per heavy atom. The van der Waals surface area contributed by atoms with Crippen LogP contribution >= 0.6 is 22.9 Å². The fraction of sp³-hybridized carbons (Fsp3) is 0.111. The molecule has 0 aliphatic rings. The summed E-state index contributed by atoms with van der Waals surface area (Å²) >= 11 is 7.21. The monoisotopic (exact) mass is 270 g/mol. The normalized spacial score (nSPS) is 10.2. The van der Waals surface area contributed by atoms with Gasteiger partial charge in [0.2, 0.25) is 11.0 Å². The van der Waals surface area contributed by atoms with Crippen molar-refractivity contribution in [1.29, 1.82) is 0 Å². The number of anilines is 1. The summed E-state index contributed by atoms with van der Waals surface area (Å²) in [6.45, 7) is 0.464. The van der Waals surface area contributed by atoms with Gasteiger partial charge in [0.15, 0.2) is 0 Å². The van der Waals surface area contributed by atoms with Crippen molar-refractivity contribution < 1.29 is 4.92 Å². The minimum Gasteiger partial charge on any atom is -0.359 e. The van der Waals surface area contributed by atoms with Gasteiger partial charge in [-0.15, -0.1) is 11.3 Å². The summed E-state index contributed by atoms with van der Waals surface area (Å²) in [7, 11) is 0. The van der Waals surface area contributed by atoms with Crippen LogP contribution in [-0.2, 0) is 6.54 Å². The second-order valence-corrected chi connectivity index (χ2v) is 4.44. The molecule has 0 aliphatic heterocycles. The number of rotatable bonds is 4. The average molecular weight is 271 g/mol. The fourth-order valence-corrected chi connectivity index (χ4v) is 2.08. The molecule has 8 heteroatoms. The summed E-state index contributed by atoms with van der Waals surface area (Å²) < 4.78 is 0. The molecule has 0 saturated carbocycles. The second-order valence-electron chi connectivity index (χ2n) is 3.05. The number of nitro groups is 1. The summed E-state index contributed by atoms with van der Waals surface area (Å²) in [5, 5.41) is 15.4. The fourth-order valence-electron chi connectivity index (χ4n) is 1.23. The van der Waals surface area contributed by atoms with E-state index >= 15 is 0 Å². The second kappa shape index (κ2) is 5.07. The van der Waals surface area contributed by atoms with E-state index in [4.69, 9.17) is 11.6 Å². The molecule has 0 saturated heterocycles. The van der Waals surface area contributed by atoms with Gasteiger partial charge >= 0.3 is 5.69 Å². The van der Waals surface area contributed by atoms with E-state index in [1.165, 1.54) is 6.33 Å². The van der Waals surface area contributed by atoms with Crippen LogP contribution in [-0.4, -0.2) is 14.9 Å². The zero-order chi connectivity index (χ0) is 12.3. The van der Waals surface area contributed by atoms with E-state index in [1.807, 2.05) is 17.5 Å². The van der Waals surface area contributed by atoms with Crippen LogP contribution in [0.5, 0.6) is 0 Å². The Kier molecular flexibility index (Phi) is 3.50. The Labute approximate surface area is 105 Å². The third kappa shape index (κ3) is 2.69. The standard InChI is InChI=1S/C9H7ClN4O2S/c10-8-7(14(15)16)9(13-5-12-8)11-4-6-2-1-3-17-6/h1-3,5H,4H2,(H,11,12,13). The van der Waals surface area contributed by atoms with E-state index in [0.29, 0.717) is 6.54 Å². The van der Waals surface area contributed by atoms with E-state index in [1.54, 1.807) is 11.3 Å².